The van der Waals surface area contributed by atoms with Gasteiger partial charge < -0.3 is 0 Å². The van der Waals surface area contributed by atoms with E-state index >= 15 is 0 Å². The average molecular weight is 263 g/mol. The fraction of sp³-hybridized carbons (Fsp3) is 0.625. The first-order valence-corrected chi connectivity index (χ1v) is 5.64. The zero-order valence-electron chi connectivity index (χ0n) is 9.39. The third kappa shape index (κ3) is 2.31. The highest BCUT2D eigenvalue weighted by Gasteiger charge is 2.25. The van der Waals surface area contributed by atoms with E-state index in [0.717, 1.165) is 16.6 Å². The number of hydrogen-bond acceptors (Lipinski definition) is 6. The van der Waals surface area contributed by atoms with Crippen LogP contribution in [-0.2, 0) is 0 Å². The summed E-state index contributed by atoms with van der Waals surface area (Å²) in [5.41, 5.74) is 3.64. The van der Waals surface area contributed by atoms with E-state index in [-0.39, 0.29) is 17.8 Å². The van der Waals surface area contributed by atoms with Gasteiger partial charge in [0.15, 0.2) is 0 Å². The molecule has 0 saturated heterocycles. The molecule has 0 aromatic carbocycles. The minimum atomic E-state index is 0. The van der Waals surface area contributed by atoms with E-state index in [0.29, 0.717) is 5.95 Å². The number of thioether (sulfide) groups is 1. The van der Waals surface area contributed by atoms with Gasteiger partial charge in [0.25, 0.3) is 5.95 Å². The molecule has 2 rings (SSSR count). The lowest BCUT2D eigenvalue weighted by Crippen LogP contribution is -2.27. The van der Waals surface area contributed by atoms with Crippen LogP contribution in [0.5, 0.6) is 0 Å². The van der Waals surface area contributed by atoms with Crippen molar-refractivity contribution >= 4 is 35.8 Å². The van der Waals surface area contributed by atoms with Crippen molar-refractivity contribution in [3.63, 3.8) is 0 Å². The number of nitrogen functional groups attached to an aromatic ring is 1. The van der Waals surface area contributed by atoms with Crippen LogP contribution in [-0.4, -0.2) is 26.3 Å². The Morgan fingerprint density at radius 2 is 2.06 bits per heavy atom. The quantitative estimate of drug-likeness (QED) is 0.590. The standard InChI is InChI=1S/C8H14N6S.ClH/c1-8(2,3)5-4-15-7-12-11-6(10-9)14(7)13-5;/h4,9H2,1-3H3,(H,10,11);1H. The smallest absolute Gasteiger partial charge is 0.260 e. The summed E-state index contributed by atoms with van der Waals surface area (Å²) < 4.78 is 1.65. The second-order valence-electron chi connectivity index (χ2n) is 4.35. The number of rotatable bonds is 1. The molecule has 1 aromatic rings. The van der Waals surface area contributed by atoms with Gasteiger partial charge in [0.1, 0.15) is 0 Å². The molecule has 1 aliphatic rings. The van der Waals surface area contributed by atoms with E-state index < -0.39 is 0 Å². The molecule has 0 saturated carbocycles. The van der Waals surface area contributed by atoms with Gasteiger partial charge in [-0.1, -0.05) is 32.5 Å². The van der Waals surface area contributed by atoms with E-state index in [2.05, 4.69) is 41.5 Å². The number of nitrogens with two attached hydrogens (primary N) is 1. The summed E-state index contributed by atoms with van der Waals surface area (Å²) in [6.07, 6.45) is 0. The zero-order chi connectivity index (χ0) is 11.1. The topological polar surface area (TPSA) is 81.1 Å². The molecule has 1 aromatic heterocycles. The molecule has 16 heavy (non-hydrogen) atoms. The first kappa shape index (κ1) is 13.3. The van der Waals surface area contributed by atoms with Crippen LogP contribution in [0.3, 0.4) is 0 Å². The maximum absolute atomic E-state index is 5.32. The Morgan fingerprint density at radius 1 is 1.38 bits per heavy atom. The second-order valence-corrected chi connectivity index (χ2v) is 5.29. The van der Waals surface area contributed by atoms with Crippen LogP contribution in [0.1, 0.15) is 20.8 Å². The Hall–Kier alpha value is -0.790. The fourth-order valence-electron chi connectivity index (χ4n) is 1.18. The van der Waals surface area contributed by atoms with E-state index in [1.807, 2.05) is 0 Å². The normalized spacial score (nSPS) is 14.9. The summed E-state index contributed by atoms with van der Waals surface area (Å²) in [6.45, 7) is 6.41. The molecular formula is C8H15ClN6S. The van der Waals surface area contributed by atoms with Gasteiger partial charge >= 0.3 is 0 Å². The minimum Gasteiger partial charge on any atom is -0.291 e. The molecule has 0 fully saturated rings. The van der Waals surface area contributed by atoms with Crippen molar-refractivity contribution in [1.29, 1.82) is 0 Å². The van der Waals surface area contributed by atoms with Gasteiger partial charge in [-0.2, -0.15) is 9.78 Å². The Labute approximate surface area is 104 Å². The van der Waals surface area contributed by atoms with Crippen LogP contribution in [0.2, 0.25) is 0 Å². The number of nitrogens with one attached hydrogen (secondary N) is 1. The number of hydrogen-bond donors (Lipinski definition) is 2. The molecule has 1 aliphatic heterocycles. The zero-order valence-corrected chi connectivity index (χ0v) is 11.0. The van der Waals surface area contributed by atoms with E-state index in [1.54, 1.807) is 16.4 Å². The lowest BCUT2D eigenvalue weighted by atomic mass is 9.91. The van der Waals surface area contributed by atoms with Crippen molar-refractivity contribution in [2.24, 2.45) is 16.4 Å². The van der Waals surface area contributed by atoms with Crippen molar-refractivity contribution < 1.29 is 0 Å². The number of hydrazine groups is 1. The highest BCUT2D eigenvalue weighted by molar-refractivity contribution is 7.99. The summed E-state index contributed by atoms with van der Waals surface area (Å²) in [5.74, 6) is 6.65. The number of halogens is 1. The van der Waals surface area contributed by atoms with Gasteiger partial charge in [-0.3, -0.25) is 5.43 Å². The minimum absolute atomic E-state index is 0. The van der Waals surface area contributed by atoms with Crippen molar-refractivity contribution in [3.05, 3.63) is 0 Å². The van der Waals surface area contributed by atoms with Crippen LogP contribution in [0.25, 0.3) is 0 Å². The van der Waals surface area contributed by atoms with Crippen molar-refractivity contribution in [2.75, 3.05) is 11.2 Å². The van der Waals surface area contributed by atoms with Crippen molar-refractivity contribution in [1.82, 2.24) is 14.9 Å². The van der Waals surface area contributed by atoms with Crippen LogP contribution in [0.15, 0.2) is 10.3 Å². The molecule has 2 heterocycles. The van der Waals surface area contributed by atoms with Crippen LogP contribution in [0.4, 0.5) is 5.95 Å². The summed E-state index contributed by atoms with van der Waals surface area (Å²) in [6, 6.07) is 0. The van der Waals surface area contributed by atoms with Crippen LogP contribution < -0.4 is 11.3 Å². The molecule has 0 unspecified atom stereocenters. The maximum Gasteiger partial charge on any atom is 0.260 e. The molecule has 0 aliphatic carbocycles. The number of nitrogens with zero attached hydrogens (tertiary/aromatic N) is 4. The van der Waals surface area contributed by atoms with Crippen LogP contribution in [0, 0.1) is 5.41 Å². The molecule has 3 N–H and O–H groups in total. The molecule has 6 nitrogen and oxygen atoms in total. The molecule has 90 valence electrons. The number of anilines is 1. The predicted molar refractivity (Wildman–Crippen MR) is 68.1 cm³/mol. The van der Waals surface area contributed by atoms with Crippen molar-refractivity contribution in [2.45, 2.75) is 25.9 Å². The van der Waals surface area contributed by atoms with Crippen LogP contribution >= 0.6 is 24.2 Å². The summed E-state index contributed by atoms with van der Waals surface area (Å²) in [5, 5.41) is 13.1. The monoisotopic (exact) mass is 262 g/mol. The highest BCUT2D eigenvalue weighted by Crippen LogP contribution is 2.29. The summed E-state index contributed by atoms with van der Waals surface area (Å²) in [4.78, 5) is 0. The summed E-state index contributed by atoms with van der Waals surface area (Å²) >= 11 is 1.62. The predicted octanol–water partition coefficient (Wildman–Crippen LogP) is 1.34. The molecule has 0 radical (unpaired) electrons. The third-order valence-corrected chi connectivity index (χ3v) is 3.10. The van der Waals surface area contributed by atoms with Gasteiger partial charge in [0, 0.05) is 11.2 Å². The first-order chi connectivity index (χ1) is 7.02. The second kappa shape index (κ2) is 4.60. The van der Waals surface area contributed by atoms with Gasteiger partial charge in [-0.15, -0.1) is 22.6 Å². The first-order valence-electron chi connectivity index (χ1n) is 4.65. The Balaban J connectivity index is 0.00000128. The molecule has 0 bridgehead atoms. The largest absolute Gasteiger partial charge is 0.291 e. The molecule has 0 spiro atoms. The molecule has 8 heteroatoms. The Bertz CT molecular complexity index is 407. The molecule has 0 amide bonds. The SMILES string of the molecule is CC(C)(C)C1=Nn2c(NN)nnc2SC1.Cl. The summed E-state index contributed by atoms with van der Waals surface area (Å²) in [7, 11) is 0. The number of aromatic nitrogens is 3. The maximum atomic E-state index is 5.32. The number of fused-ring (bicyclic) bond motifs is 1. The average Bonchev–Trinajstić information content (AvgIpc) is 2.57. The van der Waals surface area contributed by atoms with Crippen molar-refractivity contribution in [3.8, 4) is 0 Å². The lowest BCUT2D eigenvalue weighted by molar-refractivity contribution is 0.574. The third-order valence-electron chi connectivity index (χ3n) is 2.17. The van der Waals surface area contributed by atoms with E-state index in [4.69, 9.17) is 5.84 Å². The molecular weight excluding hydrogens is 248 g/mol. The van der Waals surface area contributed by atoms with Gasteiger partial charge in [-0.05, 0) is 0 Å². The highest BCUT2D eigenvalue weighted by atomic mass is 35.5. The van der Waals surface area contributed by atoms with Gasteiger partial charge in [0.05, 0.1) is 5.71 Å². The fourth-order valence-corrected chi connectivity index (χ4v) is 2.29. The van der Waals surface area contributed by atoms with Gasteiger partial charge in [-0.25, -0.2) is 5.84 Å². The van der Waals surface area contributed by atoms with E-state index in [1.165, 1.54) is 0 Å². The Kier molecular flexibility index (Phi) is 3.82. The van der Waals surface area contributed by atoms with E-state index in [9.17, 15) is 0 Å². The lowest BCUT2D eigenvalue weighted by Gasteiger charge is -2.23. The Morgan fingerprint density at radius 3 is 2.62 bits per heavy atom. The molecule has 0 atom stereocenters. The van der Waals surface area contributed by atoms with Gasteiger partial charge in [0.2, 0.25) is 5.16 Å².